The first-order valence-corrected chi connectivity index (χ1v) is 3.14. The highest BCUT2D eigenvalue weighted by Gasteiger charge is 2.05. The molecule has 1 aromatic rings. The van der Waals surface area contributed by atoms with Crippen LogP contribution in [0.4, 0.5) is 0 Å². The summed E-state index contributed by atoms with van der Waals surface area (Å²) in [5.41, 5.74) is 0. The van der Waals surface area contributed by atoms with Crippen molar-refractivity contribution in [1.82, 2.24) is 0 Å². The Kier molecular flexibility index (Phi) is 2.23. The van der Waals surface area contributed by atoms with Crippen LogP contribution in [0.15, 0.2) is 29.2 Å². The van der Waals surface area contributed by atoms with Crippen LogP contribution in [0.1, 0.15) is 16.3 Å². The average Bonchev–Trinajstić information content (AvgIpc) is 2.50. The molecule has 1 rings (SSSR count). The molecule has 1 N–H and O–H groups in total. The molecule has 58 valence electrons. The van der Waals surface area contributed by atoms with Crippen LogP contribution in [-0.2, 0) is 6.61 Å². The Balaban J connectivity index is 2.88. The fourth-order valence-corrected chi connectivity index (χ4v) is 0.696. The van der Waals surface area contributed by atoms with E-state index < -0.39 is 0 Å². The third kappa shape index (κ3) is 1.56. The SMILES string of the molecule is C=CC(=O)c1ccc(CO)o1. The summed E-state index contributed by atoms with van der Waals surface area (Å²) in [6.07, 6.45) is 1.17. The number of hydrogen-bond acceptors (Lipinski definition) is 3. The number of hydrogen-bond donors (Lipinski definition) is 1. The molecule has 3 nitrogen and oxygen atoms in total. The highest BCUT2D eigenvalue weighted by Crippen LogP contribution is 2.08. The second-order valence-electron chi connectivity index (χ2n) is 1.99. The maximum atomic E-state index is 10.8. The normalized spacial score (nSPS) is 9.55. The summed E-state index contributed by atoms with van der Waals surface area (Å²) in [6, 6.07) is 3.06. The van der Waals surface area contributed by atoms with E-state index in [2.05, 4.69) is 6.58 Å². The molecule has 0 bridgehead atoms. The van der Waals surface area contributed by atoms with Gasteiger partial charge in [-0.15, -0.1) is 0 Å². The van der Waals surface area contributed by atoms with E-state index in [0.717, 1.165) is 0 Å². The van der Waals surface area contributed by atoms with Crippen LogP contribution in [0.25, 0.3) is 0 Å². The monoisotopic (exact) mass is 152 g/mol. The molecule has 0 radical (unpaired) electrons. The molecule has 1 heterocycles. The zero-order valence-corrected chi connectivity index (χ0v) is 5.91. The van der Waals surface area contributed by atoms with Gasteiger partial charge in [-0.3, -0.25) is 4.79 Å². The van der Waals surface area contributed by atoms with Gasteiger partial charge in [0.2, 0.25) is 5.78 Å². The molecule has 1 aromatic heterocycles. The summed E-state index contributed by atoms with van der Waals surface area (Å²) in [5, 5.41) is 8.57. The van der Waals surface area contributed by atoms with Crippen molar-refractivity contribution in [3.63, 3.8) is 0 Å². The Morgan fingerprint density at radius 3 is 2.91 bits per heavy atom. The molecule has 0 amide bonds. The summed E-state index contributed by atoms with van der Waals surface area (Å²) < 4.78 is 4.91. The van der Waals surface area contributed by atoms with E-state index in [0.29, 0.717) is 5.76 Å². The van der Waals surface area contributed by atoms with Gasteiger partial charge in [0.25, 0.3) is 0 Å². The number of ketones is 1. The summed E-state index contributed by atoms with van der Waals surface area (Å²) in [7, 11) is 0. The van der Waals surface area contributed by atoms with Gasteiger partial charge >= 0.3 is 0 Å². The molecule has 11 heavy (non-hydrogen) atoms. The maximum Gasteiger partial charge on any atom is 0.220 e. The van der Waals surface area contributed by atoms with Crippen LogP contribution >= 0.6 is 0 Å². The van der Waals surface area contributed by atoms with E-state index in [1.54, 1.807) is 6.07 Å². The molecule has 0 atom stereocenters. The molecule has 0 unspecified atom stereocenters. The fourth-order valence-electron chi connectivity index (χ4n) is 0.696. The standard InChI is InChI=1S/C8H8O3/c1-2-7(10)8-4-3-6(5-9)11-8/h2-4,9H,1,5H2. The lowest BCUT2D eigenvalue weighted by Crippen LogP contribution is -1.89. The number of carbonyl (C=O) groups is 1. The first-order valence-electron chi connectivity index (χ1n) is 3.14. The molecule has 0 aliphatic rings. The molecule has 0 saturated heterocycles. The van der Waals surface area contributed by atoms with E-state index in [9.17, 15) is 4.79 Å². The predicted molar refractivity (Wildman–Crippen MR) is 39.2 cm³/mol. The van der Waals surface area contributed by atoms with Crippen molar-refractivity contribution in [3.05, 3.63) is 36.3 Å². The zero-order chi connectivity index (χ0) is 8.27. The predicted octanol–water partition coefficient (Wildman–Crippen LogP) is 1.14. The molecule has 0 aliphatic carbocycles. The lowest BCUT2D eigenvalue weighted by molar-refractivity contribution is 0.101. The van der Waals surface area contributed by atoms with Gasteiger partial charge in [0.05, 0.1) is 0 Å². The van der Waals surface area contributed by atoms with Gasteiger partial charge in [0.15, 0.2) is 5.76 Å². The smallest absolute Gasteiger partial charge is 0.220 e. The Labute approximate surface area is 64.0 Å². The van der Waals surface area contributed by atoms with Crippen molar-refractivity contribution in [2.24, 2.45) is 0 Å². The fraction of sp³-hybridized carbons (Fsp3) is 0.125. The van der Waals surface area contributed by atoms with Gasteiger partial charge in [-0.05, 0) is 18.2 Å². The molecule has 0 fully saturated rings. The minimum absolute atomic E-state index is 0.190. The first-order chi connectivity index (χ1) is 5.27. The van der Waals surface area contributed by atoms with E-state index in [4.69, 9.17) is 9.52 Å². The number of aliphatic hydroxyl groups excluding tert-OH is 1. The summed E-state index contributed by atoms with van der Waals surface area (Å²) >= 11 is 0. The maximum absolute atomic E-state index is 10.8. The second-order valence-corrected chi connectivity index (χ2v) is 1.99. The Hall–Kier alpha value is -1.35. The van der Waals surface area contributed by atoms with Crippen LogP contribution in [0.2, 0.25) is 0 Å². The third-order valence-electron chi connectivity index (χ3n) is 1.25. The van der Waals surface area contributed by atoms with Crippen molar-refractivity contribution in [2.75, 3.05) is 0 Å². The quantitative estimate of drug-likeness (QED) is 0.522. The molecule has 0 saturated carbocycles. The van der Waals surface area contributed by atoms with E-state index >= 15 is 0 Å². The van der Waals surface area contributed by atoms with Gasteiger partial charge in [0, 0.05) is 0 Å². The van der Waals surface area contributed by atoms with Crippen LogP contribution < -0.4 is 0 Å². The first kappa shape index (κ1) is 7.75. The van der Waals surface area contributed by atoms with Crippen LogP contribution in [0, 0.1) is 0 Å². The van der Waals surface area contributed by atoms with E-state index in [1.807, 2.05) is 0 Å². The Morgan fingerprint density at radius 1 is 1.73 bits per heavy atom. The summed E-state index contributed by atoms with van der Waals surface area (Å²) in [6.45, 7) is 3.11. The summed E-state index contributed by atoms with van der Waals surface area (Å²) in [5.74, 6) is 0.323. The third-order valence-corrected chi connectivity index (χ3v) is 1.25. The number of furan rings is 1. The summed E-state index contributed by atoms with van der Waals surface area (Å²) in [4.78, 5) is 10.8. The van der Waals surface area contributed by atoms with Gasteiger partial charge < -0.3 is 9.52 Å². The van der Waals surface area contributed by atoms with Crippen LogP contribution in [-0.4, -0.2) is 10.9 Å². The van der Waals surface area contributed by atoms with Crippen molar-refractivity contribution in [2.45, 2.75) is 6.61 Å². The minimum Gasteiger partial charge on any atom is -0.455 e. The zero-order valence-electron chi connectivity index (χ0n) is 5.91. The lowest BCUT2D eigenvalue weighted by atomic mass is 10.3. The average molecular weight is 152 g/mol. The van der Waals surface area contributed by atoms with E-state index in [-0.39, 0.29) is 18.2 Å². The van der Waals surface area contributed by atoms with Crippen molar-refractivity contribution in [3.8, 4) is 0 Å². The Bertz CT molecular complexity index is 273. The molecular formula is C8H8O3. The highest BCUT2D eigenvalue weighted by molar-refractivity contribution is 6.01. The van der Waals surface area contributed by atoms with Crippen molar-refractivity contribution < 1.29 is 14.3 Å². The largest absolute Gasteiger partial charge is 0.455 e. The molecule has 0 aromatic carbocycles. The van der Waals surface area contributed by atoms with Crippen LogP contribution in [0.5, 0.6) is 0 Å². The number of carbonyl (C=O) groups excluding carboxylic acids is 1. The molecule has 0 spiro atoms. The van der Waals surface area contributed by atoms with Crippen LogP contribution in [0.3, 0.4) is 0 Å². The van der Waals surface area contributed by atoms with Gasteiger partial charge in [-0.1, -0.05) is 6.58 Å². The lowest BCUT2D eigenvalue weighted by Gasteiger charge is -1.87. The second kappa shape index (κ2) is 3.16. The van der Waals surface area contributed by atoms with Crippen molar-refractivity contribution >= 4 is 5.78 Å². The topological polar surface area (TPSA) is 50.4 Å². The minimum atomic E-state index is -0.273. The van der Waals surface area contributed by atoms with Gasteiger partial charge in [-0.2, -0.15) is 0 Å². The van der Waals surface area contributed by atoms with Crippen molar-refractivity contribution in [1.29, 1.82) is 0 Å². The van der Waals surface area contributed by atoms with Gasteiger partial charge in [-0.25, -0.2) is 0 Å². The molecule has 0 aliphatic heterocycles. The molecular weight excluding hydrogens is 144 g/mol. The van der Waals surface area contributed by atoms with E-state index in [1.165, 1.54) is 12.1 Å². The number of aliphatic hydroxyl groups is 1. The number of allylic oxidation sites excluding steroid dienone is 1. The van der Waals surface area contributed by atoms with Gasteiger partial charge in [0.1, 0.15) is 12.4 Å². The molecule has 3 heteroatoms. The highest BCUT2D eigenvalue weighted by atomic mass is 16.4. The Morgan fingerprint density at radius 2 is 2.45 bits per heavy atom. The number of rotatable bonds is 3.